The highest BCUT2D eigenvalue weighted by molar-refractivity contribution is 7.88. The van der Waals surface area contributed by atoms with Crippen molar-refractivity contribution in [3.8, 4) is 11.4 Å². The average molecular weight is 392 g/mol. The van der Waals surface area contributed by atoms with Crippen molar-refractivity contribution in [3.05, 3.63) is 41.6 Å². The first-order chi connectivity index (χ1) is 12.3. The molecule has 1 N–H and O–H groups in total. The number of nitrogens with zero attached hydrogens (tertiary/aromatic N) is 4. The van der Waals surface area contributed by atoms with Gasteiger partial charge in [-0.3, -0.25) is 0 Å². The molecule has 1 fully saturated rings. The summed E-state index contributed by atoms with van der Waals surface area (Å²) in [6, 6.07) is 9.62. The molecular weight excluding hydrogens is 374 g/mol. The normalized spacial score (nSPS) is 15.6. The van der Waals surface area contributed by atoms with E-state index < -0.39 is 10.0 Å². The summed E-state index contributed by atoms with van der Waals surface area (Å²) in [5.74, 6) is 1.44. The molecule has 3 aromatic rings. The molecule has 0 bridgehead atoms. The molecule has 0 saturated carbocycles. The fourth-order valence-corrected chi connectivity index (χ4v) is 3.87. The molecule has 0 unspecified atom stereocenters. The van der Waals surface area contributed by atoms with Gasteiger partial charge in [-0.25, -0.2) is 18.4 Å². The Morgan fingerprint density at radius 3 is 2.73 bits per heavy atom. The van der Waals surface area contributed by atoms with E-state index in [1.54, 1.807) is 13.2 Å². The molecule has 0 spiro atoms. The van der Waals surface area contributed by atoms with Crippen LogP contribution in [0.3, 0.4) is 0 Å². The van der Waals surface area contributed by atoms with E-state index >= 15 is 0 Å². The van der Waals surface area contributed by atoms with E-state index in [1.807, 2.05) is 35.2 Å². The van der Waals surface area contributed by atoms with Crippen LogP contribution in [0.1, 0.15) is 0 Å². The molecule has 1 aliphatic heterocycles. The number of aromatic amines is 1. The fourth-order valence-electron chi connectivity index (χ4n) is 3.01. The van der Waals surface area contributed by atoms with E-state index in [1.165, 1.54) is 10.6 Å². The van der Waals surface area contributed by atoms with Gasteiger partial charge in [-0.1, -0.05) is 23.7 Å². The first-order valence-electron chi connectivity index (χ1n) is 8.11. The number of anilines is 1. The van der Waals surface area contributed by atoms with E-state index in [0.717, 1.165) is 22.4 Å². The topological polar surface area (TPSA) is 82.2 Å². The van der Waals surface area contributed by atoms with Gasteiger partial charge in [0, 0.05) is 31.9 Å². The largest absolute Gasteiger partial charge is 0.353 e. The number of rotatable bonds is 4. The van der Waals surface area contributed by atoms with Crippen molar-refractivity contribution in [3.63, 3.8) is 0 Å². The molecule has 0 atom stereocenters. The minimum absolute atomic E-state index is 0.0443. The van der Waals surface area contributed by atoms with Crippen LogP contribution in [0.4, 0.5) is 5.82 Å². The quantitative estimate of drug-likeness (QED) is 0.738. The summed E-state index contributed by atoms with van der Waals surface area (Å²) >= 11 is 6.33. The van der Waals surface area contributed by atoms with Gasteiger partial charge in [-0.2, -0.15) is 4.31 Å². The molecule has 4 rings (SSSR count). The van der Waals surface area contributed by atoms with E-state index in [0.29, 0.717) is 23.9 Å². The summed E-state index contributed by atoms with van der Waals surface area (Å²) in [5.41, 5.74) is 2.58. The van der Waals surface area contributed by atoms with Crippen LogP contribution in [0, 0.1) is 0 Å². The molecular formula is C17H18ClN5O2S. The smallest absolute Gasteiger partial charge is 0.211 e. The maximum absolute atomic E-state index is 11.6. The predicted molar refractivity (Wildman–Crippen MR) is 103 cm³/mol. The van der Waals surface area contributed by atoms with Crippen LogP contribution in [-0.4, -0.2) is 60.1 Å². The number of hydrogen-bond donors (Lipinski definition) is 1. The third-order valence-corrected chi connectivity index (χ3v) is 6.35. The fraction of sp³-hybridized carbons (Fsp3) is 0.294. The second kappa shape index (κ2) is 6.22. The summed E-state index contributed by atoms with van der Waals surface area (Å²) in [6.45, 7) is 1.19. The SMILES string of the molecule is CN(C1CN(c2cc(-c3nc4ccccc4[nH]3)c(Cl)cn2)C1)S(C)(=O)=O. The van der Waals surface area contributed by atoms with Crippen molar-refractivity contribution >= 4 is 38.5 Å². The number of aromatic nitrogens is 3. The lowest BCUT2D eigenvalue weighted by Crippen LogP contribution is -2.59. The predicted octanol–water partition coefficient (Wildman–Crippen LogP) is 2.36. The maximum atomic E-state index is 11.6. The number of sulfonamides is 1. The number of likely N-dealkylation sites (N-methyl/N-ethyl adjacent to an activating group) is 1. The number of H-pyrrole nitrogens is 1. The minimum atomic E-state index is -3.19. The Balaban J connectivity index is 1.60. The molecule has 2 aromatic heterocycles. The zero-order valence-corrected chi connectivity index (χ0v) is 15.9. The van der Waals surface area contributed by atoms with Crippen molar-refractivity contribution < 1.29 is 8.42 Å². The third kappa shape index (κ3) is 3.04. The Labute approximate surface area is 156 Å². The van der Waals surface area contributed by atoms with Crippen molar-refractivity contribution in [1.29, 1.82) is 0 Å². The van der Waals surface area contributed by atoms with Gasteiger partial charge in [-0.15, -0.1) is 0 Å². The van der Waals surface area contributed by atoms with Crippen LogP contribution in [-0.2, 0) is 10.0 Å². The van der Waals surface area contributed by atoms with Gasteiger partial charge in [0.2, 0.25) is 10.0 Å². The van der Waals surface area contributed by atoms with Gasteiger partial charge < -0.3 is 9.88 Å². The molecule has 0 aliphatic carbocycles. The molecule has 0 amide bonds. The zero-order chi connectivity index (χ0) is 18.5. The van der Waals surface area contributed by atoms with E-state index in [9.17, 15) is 8.42 Å². The number of hydrogen-bond acceptors (Lipinski definition) is 5. The Bertz CT molecular complexity index is 1040. The molecule has 1 aromatic carbocycles. The molecule has 1 aliphatic rings. The van der Waals surface area contributed by atoms with Crippen LogP contribution in [0.2, 0.25) is 5.02 Å². The van der Waals surface area contributed by atoms with Crippen molar-refractivity contribution in [2.45, 2.75) is 6.04 Å². The molecule has 26 heavy (non-hydrogen) atoms. The van der Waals surface area contributed by atoms with Gasteiger partial charge in [0.05, 0.1) is 28.4 Å². The number of pyridine rings is 1. The van der Waals surface area contributed by atoms with E-state index in [-0.39, 0.29) is 6.04 Å². The molecule has 9 heteroatoms. The number of benzene rings is 1. The molecule has 136 valence electrons. The van der Waals surface area contributed by atoms with Crippen LogP contribution in [0.25, 0.3) is 22.4 Å². The Morgan fingerprint density at radius 2 is 2.04 bits per heavy atom. The zero-order valence-electron chi connectivity index (χ0n) is 14.3. The van der Waals surface area contributed by atoms with Gasteiger partial charge >= 0.3 is 0 Å². The van der Waals surface area contributed by atoms with Gasteiger partial charge in [0.15, 0.2) is 0 Å². The van der Waals surface area contributed by atoms with Crippen molar-refractivity contribution in [1.82, 2.24) is 19.3 Å². The molecule has 0 radical (unpaired) electrons. The maximum Gasteiger partial charge on any atom is 0.211 e. The highest BCUT2D eigenvalue weighted by Crippen LogP contribution is 2.32. The van der Waals surface area contributed by atoms with Crippen molar-refractivity contribution in [2.24, 2.45) is 0 Å². The first kappa shape index (κ1) is 17.3. The lowest BCUT2D eigenvalue weighted by molar-refractivity contribution is 0.311. The molecule has 1 saturated heterocycles. The highest BCUT2D eigenvalue weighted by Gasteiger charge is 2.35. The molecule has 3 heterocycles. The van der Waals surface area contributed by atoms with Gasteiger partial charge in [0.25, 0.3) is 0 Å². The third-order valence-electron chi connectivity index (χ3n) is 4.71. The summed E-state index contributed by atoms with van der Waals surface area (Å²) in [6.07, 6.45) is 2.82. The van der Waals surface area contributed by atoms with E-state index in [4.69, 9.17) is 11.6 Å². The van der Waals surface area contributed by atoms with Crippen LogP contribution in [0.5, 0.6) is 0 Å². The monoisotopic (exact) mass is 391 g/mol. The number of para-hydroxylation sites is 2. The molecule has 7 nitrogen and oxygen atoms in total. The van der Waals surface area contributed by atoms with Gasteiger partial charge in [-0.05, 0) is 18.2 Å². The number of halogens is 1. The summed E-state index contributed by atoms with van der Waals surface area (Å²) < 4.78 is 24.7. The number of fused-ring (bicyclic) bond motifs is 1. The average Bonchev–Trinajstić information content (AvgIpc) is 2.97. The Morgan fingerprint density at radius 1 is 1.31 bits per heavy atom. The summed E-state index contributed by atoms with van der Waals surface area (Å²) in [5, 5.41) is 0.512. The van der Waals surface area contributed by atoms with Gasteiger partial charge in [0.1, 0.15) is 11.6 Å². The highest BCUT2D eigenvalue weighted by atomic mass is 35.5. The lowest BCUT2D eigenvalue weighted by atomic mass is 10.1. The Hall–Kier alpha value is -2.16. The number of nitrogens with one attached hydrogen (secondary N) is 1. The van der Waals surface area contributed by atoms with Crippen LogP contribution < -0.4 is 4.90 Å². The Kier molecular flexibility index (Phi) is 4.13. The lowest BCUT2D eigenvalue weighted by Gasteiger charge is -2.43. The minimum Gasteiger partial charge on any atom is -0.353 e. The van der Waals surface area contributed by atoms with Crippen LogP contribution in [0.15, 0.2) is 36.5 Å². The second-order valence-corrected chi connectivity index (χ2v) is 8.91. The van der Waals surface area contributed by atoms with Crippen molar-refractivity contribution in [2.75, 3.05) is 31.3 Å². The van der Waals surface area contributed by atoms with E-state index in [2.05, 4.69) is 15.0 Å². The standard InChI is InChI=1S/C17H18ClN5O2S/c1-22(26(2,24)25)11-9-23(10-11)16-7-12(13(18)8-19-16)17-20-14-5-3-4-6-15(14)21-17/h3-8,11H,9-10H2,1-2H3,(H,20,21). The number of imidazole rings is 1. The first-order valence-corrected chi connectivity index (χ1v) is 10.3. The summed E-state index contributed by atoms with van der Waals surface area (Å²) in [7, 11) is -1.59. The van der Waals surface area contributed by atoms with Crippen LogP contribution >= 0.6 is 11.6 Å². The summed E-state index contributed by atoms with van der Waals surface area (Å²) in [4.78, 5) is 14.3. The second-order valence-electron chi connectivity index (χ2n) is 6.46.